The molecular formula is C14H30N2O. The lowest BCUT2D eigenvalue weighted by Crippen LogP contribution is -2.47. The van der Waals surface area contributed by atoms with Crippen molar-refractivity contribution in [2.75, 3.05) is 19.8 Å². The van der Waals surface area contributed by atoms with Crippen molar-refractivity contribution in [2.24, 2.45) is 5.92 Å². The zero-order valence-electron chi connectivity index (χ0n) is 12.0. The number of ether oxygens (including phenoxy) is 1. The summed E-state index contributed by atoms with van der Waals surface area (Å²) in [5.41, 5.74) is 0. The second kappa shape index (κ2) is 8.06. The highest BCUT2D eigenvalue weighted by molar-refractivity contribution is 4.79. The smallest absolute Gasteiger partial charge is 0.0620 e. The second-order valence-corrected chi connectivity index (χ2v) is 5.39. The first-order valence-corrected chi connectivity index (χ1v) is 7.24. The van der Waals surface area contributed by atoms with Crippen LogP contribution in [0.25, 0.3) is 0 Å². The largest absolute Gasteiger partial charge is 0.379 e. The Morgan fingerprint density at radius 1 is 1.29 bits per heavy atom. The summed E-state index contributed by atoms with van der Waals surface area (Å²) in [6, 6.07) is 1.70. The van der Waals surface area contributed by atoms with Gasteiger partial charge in [-0.05, 0) is 26.2 Å². The molecule has 0 aromatic rings. The number of rotatable bonds is 7. The minimum Gasteiger partial charge on any atom is -0.379 e. The van der Waals surface area contributed by atoms with Gasteiger partial charge in [-0.25, -0.2) is 0 Å². The topological polar surface area (TPSA) is 33.3 Å². The summed E-state index contributed by atoms with van der Waals surface area (Å²) in [6.07, 6.45) is 3.69. The summed E-state index contributed by atoms with van der Waals surface area (Å²) in [7, 11) is 0. The van der Waals surface area contributed by atoms with E-state index in [4.69, 9.17) is 4.74 Å². The molecule has 3 nitrogen and oxygen atoms in total. The molecule has 1 aliphatic heterocycles. The lowest BCUT2D eigenvalue weighted by molar-refractivity contribution is 0.0704. The molecule has 0 amide bonds. The molecule has 1 heterocycles. The van der Waals surface area contributed by atoms with Gasteiger partial charge in [0.15, 0.2) is 0 Å². The fraction of sp³-hybridized carbons (Fsp3) is 1.00. The van der Waals surface area contributed by atoms with Crippen LogP contribution in [-0.2, 0) is 4.74 Å². The lowest BCUT2D eigenvalue weighted by atomic mass is 9.94. The van der Waals surface area contributed by atoms with Gasteiger partial charge in [-0.3, -0.25) is 0 Å². The van der Waals surface area contributed by atoms with Gasteiger partial charge in [0, 0.05) is 24.7 Å². The van der Waals surface area contributed by atoms with Crippen LogP contribution in [0.1, 0.15) is 47.0 Å². The summed E-state index contributed by atoms with van der Waals surface area (Å²) in [5.74, 6) is 0.799. The van der Waals surface area contributed by atoms with Gasteiger partial charge in [-0.1, -0.05) is 26.7 Å². The standard InChI is InChI=1S/C14H30N2O/c1-5-13(6-2)12(4)16-11(3)9-14-10-17-8-7-15-14/h11-16H,5-10H2,1-4H3. The van der Waals surface area contributed by atoms with Gasteiger partial charge in [0.1, 0.15) is 0 Å². The van der Waals surface area contributed by atoms with Crippen molar-refractivity contribution in [3.8, 4) is 0 Å². The number of hydrogen-bond acceptors (Lipinski definition) is 3. The van der Waals surface area contributed by atoms with E-state index in [0.717, 1.165) is 32.1 Å². The van der Waals surface area contributed by atoms with Gasteiger partial charge in [-0.2, -0.15) is 0 Å². The first-order chi connectivity index (χ1) is 8.17. The van der Waals surface area contributed by atoms with Crippen molar-refractivity contribution in [2.45, 2.75) is 65.1 Å². The quantitative estimate of drug-likeness (QED) is 0.718. The Kier molecular flexibility index (Phi) is 7.09. The minimum atomic E-state index is 0.528. The molecule has 17 heavy (non-hydrogen) atoms. The van der Waals surface area contributed by atoms with Gasteiger partial charge in [-0.15, -0.1) is 0 Å². The Bertz CT molecular complexity index is 189. The van der Waals surface area contributed by atoms with Crippen molar-refractivity contribution < 1.29 is 4.74 Å². The Hall–Kier alpha value is -0.120. The van der Waals surface area contributed by atoms with Crippen molar-refractivity contribution in [3.63, 3.8) is 0 Å². The molecule has 0 radical (unpaired) electrons. The van der Waals surface area contributed by atoms with E-state index in [1.807, 2.05) is 0 Å². The molecule has 3 atom stereocenters. The highest BCUT2D eigenvalue weighted by Gasteiger charge is 2.19. The van der Waals surface area contributed by atoms with E-state index in [1.165, 1.54) is 12.8 Å². The average molecular weight is 242 g/mol. The molecule has 1 fully saturated rings. The number of morpholine rings is 1. The van der Waals surface area contributed by atoms with Crippen LogP contribution >= 0.6 is 0 Å². The predicted octanol–water partition coefficient (Wildman–Crippen LogP) is 2.17. The molecule has 1 aliphatic rings. The molecular weight excluding hydrogens is 212 g/mol. The van der Waals surface area contributed by atoms with Crippen molar-refractivity contribution in [1.82, 2.24) is 10.6 Å². The van der Waals surface area contributed by atoms with Crippen LogP contribution in [0.3, 0.4) is 0 Å². The Balaban J connectivity index is 2.24. The van der Waals surface area contributed by atoms with Gasteiger partial charge >= 0.3 is 0 Å². The fourth-order valence-corrected chi connectivity index (χ4v) is 2.85. The summed E-state index contributed by atoms with van der Waals surface area (Å²) in [6.45, 7) is 11.9. The number of nitrogens with one attached hydrogen (secondary N) is 2. The zero-order valence-corrected chi connectivity index (χ0v) is 12.0. The predicted molar refractivity (Wildman–Crippen MR) is 73.4 cm³/mol. The maximum atomic E-state index is 5.49. The van der Waals surface area contributed by atoms with E-state index >= 15 is 0 Å². The van der Waals surface area contributed by atoms with Crippen molar-refractivity contribution >= 4 is 0 Å². The van der Waals surface area contributed by atoms with Crippen LogP contribution < -0.4 is 10.6 Å². The molecule has 0 aromatic carbocycles. The maximum Gasteiger partial charge on any atom is 0.0620 e. The Morgan fingerprint density at radius 2 is 2.00 bits per heavy atom. The molecule has 102 valence electrons. The summed E-state index contributed by atoms with van der Waals surface area (Å²) in [4.78, 5) is 0. The van der Waals surface area contributed by atoms with Crippen LogP contribution in [0.5, 0.6) is 0 Å². The molecule has 3 heteroatoms. The normalized spacial score (nSPS) is 24.9. The average Bonchev–Trinajstić information content (AvgIpc) is 2.31. The summed E-state index contributed by atoms with van der Waals surface area (Å²) in [5, 5.41) is 7.25. The third-order valence-corrected chi connectivity index (χ3v) is 3.94. The molecule has 0 aliphatic carbocycles. The zero-order chi connectivity index (χ0) is 12.7. The van der Waals surface area contributed by atoms with E-state index in [1.54, 1.807) is 0 Å². The maximum absolute atomic E-state index is 5.49. The monoisotopic (exact) mass is 242 g/mol. The third-order valence-electron chi connectivity index (χ3n) is 3.94. The third kappa shape index (κ3) is 5.36. The van der Waals surface area contributed by atoms with Crippen molar-refractivity contribution in [1.29, 1.82) is 0 Å². The molecule has 3 unspecified atom stereocenters. The molecule has 1 saturated heterocycles. The van der Waals surface area contributed by atoms with Crippen LogP contribution in [-0.4, -0.2) is 37.9 Å². The Morgan fingerprint density at radius 3 is 2.53 bits per heavy atom. The molecule has 0 bridgehead atoms. The molecule has 0 spiro atoms. The van der Waals surface area contributed by atoms with E-state index in [9.17, 15) is 0 Å². The van der Waals surface area contributed by atoms with Gasteiger partial charge in [0.25, 0.3) is 0 Å². The van der Waals surface area contributed by atoms with E-state index < -0.39 is 0 Å². The lowest BCUT2D eigenvalue weighted by Gasteiger charge is -2.30. The van der Waals surface area contributed by atoms with Gasteiger partial charge in [0.05, 0.1) is 13.2 Å². The molecule has 0 aromatic heterocycles. The highest BCUT2D eigenvalue weighted by Crippen LogP contribution is 2.14. The van der Waals surface area contributed by atoms with Crippen LogP contribution in [0.15, 0.2) is 0 Å². The molecule has 0 saturated carbocycles. The van der Waals surface area contributed by atoms with E-state index in [0.29, 0.717) is 18.1 Å². The van der Waals surface area contributed by atoms with Gasteiger partial charge < -0.3 is 15.4 Å². The van der Waals surface area contributed by atoms with Crippen LogP contribution in [0.4, 0.5) is 0 Å². The number of hydrogen-bond donors (Lipinski definition) is 2. The molecule has 1 rings (SSSR count). The van der Waals surface area contributed by atoms with Gasteiger partial charge in [0.2, 0.25) is 0 Å². The molecule has 2 N–H and O–H groups in total. The summed E-state index contributed by atoms with van der Waals surface area (Å²) < 4.78 is 5.49. The minimum absolute atomic E-state index is 0.528. The fourth-order valence-electron chi connectivity index (χ4n) is 2.85. The van der Waals surface area contributed by atoms with Crippen LogP contribution in [0.2, 0.25) is 0 Å². The SMILES string of the molecule is CCC(CC)C(C)NC(C)CC1COCCN1. The van der Waals surface area contributed by atoms with Crippen LogP contribution in [0, 0.1) is 5.92 Å². The first kappa shape index (κ1) is 14.9. The second-order valence-electron chi connectivity index (χ2n) is 5.39. The first-order valence-electron chi connectivity index (χ1n) is 7.24. The summed E-state index contributed by atoms with van der Waals surface area (Å²) >= 11 is 0. The van der Waals surface area contributed by atoms with E-state index in [2.05, 4.69) is 38.3 Å². The van der Waals surface area contributed by atoms with Crippen molar-refractivity contribution in [3.05, 3.63) is 0 Å². The Labute approximate surface area is 107 Å². The highest BCUT2D eigenvalue weighted by atomic mass is 16.5. The van der Waals surface area contributed by atoms with E-state index in [-0.39, 0.29) is 0 Å².